The Kier molecular flexibility index (Phi) is 4.02. The van der Waals surface area contributed by atoms with Crippen molar-refractivity contribution in [3.05, 3.63) is 11.4 Å². The number of hydrogen-bond donors (Lipinski definition) is 1. The minimum Gasteiger partial charge on any atom is -0.355 e. The molecule has 4 nitrogen and oxygen atoms in total. The Bertz CT molecular complexity index is 620. The summed E-state index contributed by atoms with van der Waals surface area (Å²) >= 11 is 1.70. The summed E-state index contributed by atoms with van der Waals surface area (Å²) < 4.78 is 0. The van der Waals surface area contributed by atoms with Crippen LogP contribution in [-0.2, 0) is 0 Å². The van der Waals surface area contributed by atoms with Gasteiger partial charge in [0.05, 0.1) is 5.39 Å². The van der Waals surface area contributed by atoms with Crippen molar-refractivity contribution in [3.63, 3.8) is 0 Å². The highest BCUT2D eigenvalue weighted by atomic mass is 32.1. The molecule has 1 fully saturated rings. The molecule has 5 heteroatoms. The smallest absolute Gasteiger partial charge is 0.226 e. The van der Waals surface area contributed by atoms with Gasteiger partial charge < -0.3 is 10.2 Å². The van der Waals surface area contributed by atoms with Crippen LogP contribution in [0.4, 0.5) is 11.8 Å². The second kappa shape index (κ2) is 5.79. The number of nitrogens with zero attached hydrogens (tertiary/aromatic N) is 3. The van der Waals surface area contributed by atoms with Gasteiger partial charge in [0.2, 0.25) is 5.95 Å². The van der Waals surface area contributed by atoms with Gasteiger partial charge in [-0.2, -0.15) is 4.98 Å². The van der Waals surface area contributed by atoms with Crippen molar-refractivity contribution in [2.75, 3.05) is 29.9 Å². The third-order valence-electron chi connectivity index (χ3n) is 4.04. The number of thiophene rings is 1. The first-order chi connectivity index (χ1) is 10.1. The summed E-state index contributed by atoms with van der Waals surface area (Å²) in [6, 6.07) is 2.15. The molecule has 3 rings (SSSR count). The van der Waals surface area contributed by atoms with E-state index in [1.54, 1.807) is 11.3 Å². The molecule has 3 heterocycles. The van der Waals surface area contributed by atoms with E-state index in [4.69, 9.17) is 4.98 Å². The van der Waals surface area contributed by atoms with Gasteiger partial charge in [-0.15, -0.1) is 11.3 Å². The van der Waals surface area contributed by atoms with Gasteiger partial charge in [0.1, 0.15) is 10.6 Å². The zero-order valence-electron chi connectivity index (χ0n) is 13.1. The molecule has 0 aromatic carbocycles. The summed E-state index contributed by atoms with van der Waals surface area (Å²) in [5.74, 6) is 1.87. The molecule has 0 saturated carbocycles. The fourth-order valence-electron chi connectivity index (χ4n) is 3.00. The zero-order valence-corrected chi connectivity index (χ0v) is 14.0. The molecule has 21 heavy (non-hydrogen) atoms. The Balaban J connectivity index is 1.97. The van der Waals surface area contributed by atoms with Crippen molar-refractivity contribution in [3.8, 4) is 0 Å². The highest BCUT2D eigenvalue weighted by Crippen LogP contribution is 2.35. The first kappa shape index (κ1) is 14.6. The van der Waals surface area contributed by atoms with Crippen molar-refractivity contribution in [1.82, 2.24) is 9.97 Å². The monoisotopic (exact) mass is 304 g/mol. The Morgan fingerprint density at radius 3 is 3.00 bits per heavy atom. The third-order valence-corrected chi connectivity index (χ3v) is 4.84. The van der Waals surface area contributed by atoms with E-state index in [2.05, 4.69) is 47.4 Å². The maximum absolute atomic E-state index is 4.81. The van der Waals surface area contributed by atoms with Crippen LogP contribution in [0.1, 0.15) is 40.0 Å². The van der Waals surface area contributed by atoms with Crippen LogP contribution in [0.3, 0.4) is 0 Å². The largest absolute Gasteiger partial charge is 0.355 e. The summed E-state index contributed by atoms with van der Waals surface area (Å²) in [5, 5.41) is 6.64. The van der Waals surface area contributed by atoms with E-state index in [0.717, 1.165) is 42.7 Å². The van der Waals surface area contributed by atoms with Gasteiger partial charge in [0.15, 0.2) is 0 Å². The Morgan fingerprint density at radius 2 is 2.24 bits per heavy atom. The molecule has 1 N–H and O–H groups in total. The first-order valence-corrected chi connectivity index (χ1v) is 8.71. The molecular weight excluding hydrogens is 280 g/mol. The van der Waals surface area contributed by atoms with E-state index >= 15 is 0 Å². The number of aromatic nitrogens is 2. The van der Waals surface area contributed by atoms with E-state index in [1.165, 1.54) is 18.2 Å². The van der Waals surface area contributed by atoms with Crippen molar-refractivity contribution < 1.29 is 0 Å². The molecule has 0 atom stereocenters. The molecule has 0 unspecified atom stereocenters. The molecule has 2 aromatic rings. The van der Waals surface area contributed by atoms with E-state index in [-0.39, 0.29) is 0 Å². The van der Waals surface area contributed by atoms with Crippen LogP contribution >= 0.6 is 11.3 Å². The standard InChI is InChI=1S/C16H24N4S/c1-4-8-17-15-18-13(12-6-10-21-14(12)19-15)20-9-5-7-16(2,3)11-20/h6,10H,4-5,7-9,11H2,1-3H3,(H,17,18,19). The number of nitrogens with one attached hydrogen (secondary N) is 1. The second-order valence-corrected chi connectivity index (χ2v) is 7.52. The van der Waals surface area contributed by atoms with Crippen LogP contribution in [0.15, 0.2) is 11.4 Å². The number of piperidine rings is 1. The van der Waals surface area contributed by atoms with Gasteiger partial charge in [0, 0.05) is 19.6 Å². The Labute approximate surface area is 130 Å². The average Bonchev–Trinajstić information content (AvgIpc) is 2.91. The maximum atomic E-state index is 4.81. The Morgan fingerprint density at radius 1 is 1.38 bits per heavy atom. The summed E-state index contributed by atoms with van der Waals surface area (Å²) in [7, 11) is 0. The van der Waals surface area contributed by atoms with Gasteiger partial charge in [-0.05, 0) is 36.1 Å². The topological polar surface area (TPSA) is 41.1 Å². The number of hydrogen-bond acceptors (Lipinski definition) is 5. The fraction of sp³-hybridized carbons (Fsp3) is 0.625. The lowest BCUT2D eigenvalue weighted by atomic mass is 9.84. The van der Waals surface area contributed by atoms with E-state index in [9.17, 15) is 0 Å². The summed E-state index contributed by atoms with van der Waals surface area (Å²) in [4.78, 5) is 13.0. The summed E-state index contributed by atoms with van der Waals surface area (Å²) in [6.45, 7) is 9.94. The molecule has 2 aromatic heterocycles. The van der Waals surface area contributed by atoms with E-state index in [1.807, 2.05) is 0 Å². The lowest BCUT2D eigenvalue weighted by molar-refractivity contribution is 0.292. The highest BCUT2D eigenvalue weighted by Gasteiger charge is 2.28. The van der Waals surface area contributed by atoms with Crippen LogP contribution in [0, 0.1) is 5.41 Å². The molecule has 114 valence electrons. The van der Waals surface area contributed by atoms with E-state index in [0.29, 0.717) is 5.41 Å². The molecule has 1 aliphatic heterocycles. The SMILES string of the molecule is CCCNc1nc(N2CCCC(C)(C)C2)c2ccsc2n1. The number of fused-ring (bicyclic) bond motifs is 1. The minimum atomic E-state index is 0.364. The van der Waals surface area contributed by atoms with Crippen molar-refractivity contribution in [2.24, 2.45) is 5.41 Å². The average molecular weight is 304 g/mol. The van der Waals surface area contributed by atoms with Crippen molar-refractivity contribution in [1.29, 1.82) is 0 Å². The van der Waals surface area contributed by atoms with Crippen LogP contribution in [-0.4, -0.2) is 29.6 Å². The lowest BCUT2D eigenvalue weighted by Crippen LogP contribution is -2.40. The lowest BCUT2D eigenvalue weighted by Gasteiger charge is -2.39. The first-order valence-electron chi connectivity index (χ1n) is 7.83. The minimum absolute atomic E-state index is 0.364. The normalized spacial score (nSPS) is 18.1. The Hall–Kier alpha value is -1.36. The molecule has 0 aliphatic carbocycles. The highest BCUT2D eigenvalue weighted by molar-refractivity contribution is 7.16. The number of anilines is 2. The van der Waals surface area contributed by atoms with E-state index < -0.39 is 0 Å². The molecule has 1 saturated heterocycles. The predicted molar refractivity (Wildman–Crippen MR) is 91.4 cm³/mol. The summed E-state index contributed by atoms with van der Waals surface area (Å²) in [5.41, 5.74) is 0.364. The zero-order chi connectivity index (χ0) is 14.9. The molecule has 1 aliphatic rings. The molecule has 0 spiro atoms. The van der Waals surface area contributed by atoms with Gasteiger partial charge in [-0.3, -0.25) is 0 Å². The van der Waals surface area contributed by atoms with Gasteiger partial charge in [-0.1, -0.05) is 20.8 Å². The molecule has 0 radical (unpaired) electrons. The third kappa shape index (κ3) is 3.12. The van der Waals surface area contributed by atoms with Gasteiger partial charge >= 0.3 is 0 Å². The van der Waals surface area contributed by atoms with Crippen LogP contribution in [0.25, 0.3) is 10.2 Å². The van der Waals surface area contributed by atoms with Crippen LogP contribution < -0.4 is 10.2 Å². The molecule has 0 bridgehead atoms. The predicted octanol–water partition coefficient (Wildman–Crippen LogP) is 4.14. The number of rotatable bonds is 4. The van der Waals surface area contributed by atoms with Crippen molar-refractivity contribution >= 4 is 33.3 Å². The van der Waals surface area contributed by atoms with Gasteiger partial charge in [-0.25, -0.2) is 4.98 Å². The van der Waals surface area contributed by atoms with Crippen LogP contribution in [0.5, 0.6) is 0 Å². The summed E-state index contributed by atoms with van der Waals surface area (Å²) in [6.07, 6.45) is 3.61. The second-order valence-electron chi connectivity index (χ2n) is 6.63. The molecular formula is C16H24N4S. The van der Waals surface area contributed by atoms with Crippen molar-refractivity contribution in [2.45, 2.75) is 40.0 Å². The quantitative estimate of drug-likeness (QED) is 0.921. The molecule has 0 amide bonds. The van der Waals surface area contributed by atoms with Crippen LogP contribution in [0.2, 0.25) is 0 Å². The fourth-order valence-corrected chi connectivity index (χ4v) is 3.76. The van der Waals surface area contributed by atoms with Gasteiger partial charge in [0.25, 0.3) is 0 Å². The maximum Gasteiger partial charge on any atom is 0.226 e.